The number of nitrogens with one attached hydrogen (secondary N) is 2. The molecule has 0 saturated heterocycles. The Morgan fingerprint density at radius 2 is 1.64 bits per heavy atom. The summed E-state index contributed by atoms with van der Waals surface area (Å²) in [7, 11) is 0. The molecule has 6 rings (SSSR count). The molecule has 50 heavy (non-hydrogen) atoms. The summed E-state index contributed by atoms with van der Waals surface area (Å²) in [4.78, 5) is 22.0. The minimum Gasteiger partial charge on any atom is -0.494 e. The predicted octanol–water partition coefficient (Wildman–Crippen LogP) is 8.99. The number of amides is 1. The fourth-order valence-electron chi connectivity index (χ4n) is 5.60. The van der Waals surface area contributed by atoms with Gasteiger partial charge in [-0.05, 0) is 71.8 Å². The van der Waals surface area contributed by atoms with Crippen molar-refractivity contribution in [1.29, 1.82) is 0 Å². The number of carbonyl (C=O) groups is 1. The zero-order valence-electron chi connectivity index (χ0n) is 26.8. The van der Waals surface area contributed by atoms with E-state index in [9.17, 15) is 4.79 Å². The smallest absolute Gasteiger partial charge is 0.266 e. The number of hydrogen-bond acceptors (Lipinski definition) is 7. The van der Waals surface area contributed by atoms with E-state index < -0.39 is 17.6 Å². The first-order valence-electron chi connectivity index (χ1n) is 16.0. The molecule has 7 nitrogen and oxygen atoms in total. The monoisotopic (exact) mass is 789 g/mol. The highest BCUT2D eigenvalue weighted by molar-refractivity contribution is 9.10. The Bertz CT molecular complexity index is 1970. The number of halogens is 3. The van der Waals surface area contributed by atoms with Gasteiger partial charge in [-0.1, -0.05) is 112 Å². The number of hydrogen-bond donors (Lipinski definition) is 3. The highest BCUT2D eigenvalue weighted by atomic mass is 79.9. The van der Waals surface area contributed by atoms with Crippen LogP contribution in [0.25, 0.3) is 0 Å². The lowest BCUT2D eigenvalue weighted by molar-refractivity contribution is -0.130. The lowest BCUT2D eigenvalue weighted by Gasteiger charge is -2.31. The van der Waals surface area contributed by atoms with Gasteiger partial charge in [-0.15, -0.1) is 0 Å². The first kappa shape index (κ1) is 36.0. The minimum absolute atomic E-state index is 0.0487. The quantitative estimate of drug-likeness (QED) is 0.0769. The number of aliphatic imine (C=N–C) groups is 1. The summed E-state index contributed by atoms with van der Waals surface area (Å²) in [5.41, 5.74) is 7.78. The highest BCUT2D eigenvalue weighted by Crippen LogP contribution is 2.45. The molecule has 0 aliphatic carbocycles. The molecule has 256 valence electrons. The van der Waals surface area contributed by atoms with Crippen molar-refractivity contribution in [3.05, 3.63) is 158 Å². The van der Waals surface area contributed by atoms with E-state index in [1.807, 2.05) is 84.9 Å². The Hall–Kier alpha value is -3.83. The van der Waals surface area contributed by atoms with Gasteiger partial charge < -0.3 is 14.6 Å². The molecule has 5 aromatic carbocycles. The molecule has 0 bridgehead atoms. The van der Waals surface area contributed by atoms with Gasteiger partial charge in [0.05, 0.1) is 6.61 Å². The summed E-state index contributed by atoms with van der Waals surface area (Å²) >= 11 is 18.5. The van der Waals surface area contributed by atoms with Gasteiger partial charge in [0.15, 0.2) is 11.6 Å². The van der Waals surface area contributed by atoms with Crippen LogP contribution in [-0.2, 0) is 22.5 Å². The fraction of sp³-hybridized carbons (Fsp3) is 0.179. The zero-order valence-corrected chi connectivity index (χ0v) is 30.7. The SMILES string of the molecule is O=C(NNCc1ccccc1Sc1ccccc1)[C@@]1(Cc2ccccc2Br)N=C(c2ccc(OCCCO)cc2)O[C@H]1c1ccc(Cl)cc1Cl. The van der Waals surface area contributed by atoms with Crippen LogP contribution in [0.2, 0.25) is 10.0 Å². The van der Waals surface area contributed by atoms with Crippen molar-refractivity contribution in [2.45, 2.75) is 40.8 Å². The summed E-state index contributed by atoms with van der Waals surface area (Å²) in [6, 6.07) is 38.4. The number of aliphatic hydroxyl groups is 1. The summed E-state index contributed by atoms with van der Waals surface area (Å²) in [6.07, 6.45) is -0.186. The van der Waals surface area contributed by atoms with Crippen LogP contribution >= 0.6 is 50.9 Å². The van der Waals surface area contributed by atoms with Crippen molar-refractivity contribution in [3.8, 4) is 5.75 Å². The number of benzene rings is 5. The van der Waals surface area contributed by atoms with Gasteiger partial charge in [-0.2, -0.15) is 0 Å². The van der Waals surface area contributed by atoms with Crippen LogP contribution in [0.5, 0.6) is 5.75 Å². The highest BCUT2D eigenvalue weighted by Gasteiger charge is 2.54. The molecule has 0 unspecified atom stereocenters. The van der Waals surface area contributed by atoms with Crippen molar-refractivity contribution < 1.29 is 19.4 Å². The van der Waals surface area contributed by atoms with Crippen LogP contribution in [0.4, 0.5) is 0 Å². The second kappa shape index (κ2) is 16.9. The van der Waals surface area contributed by atoms with E-state index in [-0.39, 0.29) is 18.9 Å². The van der Waals surface area contributed by atoms with Crippen LogP contribution in [0.3, 0.4) is 0 Å². The molecule has 2 atom stereocenters. The maximum Gasteiger partial charge on any atom is 0.266 e. The van der Waals surface area contributed by atoms with E-state index in [1.165, 1.54) is 0 Å². The first-order chi connectivity index (χ1) is 24.4. The van der Waals surface area contributed by atoms with E-state index in [0.29, 0.717) is 46.5 Å². The van der Waals surface area contributed by atoms with Gasteiger partial charge in [0, 0.05) is 61.4 Å². The van der Waals surface area contributed by atoms with Crippen LogP contribution in [-0.4, -0.2) is 35.7 Å². The molecule has 0 spiro atoms. The number of ether oxygens (including phenoxy) is 2. The Kier molecular flexibility index (Phi) is 12.2. The van der Waals surface area contributed by atoms with Gasteiger partial charge in [-0.25, -0.2) is 10.4 Å². The molecule has 0 radical (unpaired) electrons. The lowest BCUT2D eigenvalue weighted by Crippen LogP contribution is -2.53. The molecule has 1 heterocycles. The lowest BCUT2D eigenvalue weighted by atomic mass is 9.82. The third-order valence-electron chi connectivity index (χ3n) is 8.12. The maximum atomic E-state index is 14.7. The van der Waals surface area contributed by atoms with Crippen LogP contribution in [0.15, 0.2) is 141 Å². The van der Waals surface area contributed by atoms with Gasteiger partial charge in [0.25, 0.3) is 5.91 Å². The summed E-state index contributed by atoms with van der Waals surface area (Å²) < 4.78 is 13.2. The third-order valence-corrected chi connectivity index (χ3v) is 10.6. The van der Waals surface area contributed by atoms with Crippen molar-refractivity contribution in [2.24, 2.45) is 4.99 Å². The van der Waals surface area contributed by atoms with E-state index in [1.54, 1.807) is 30.0 Å². The number of carbonyl (C=O) groups excluding carboxylic acids is 1. The molecule has 0 fully saturated rings. The van der Waals surface area contributed by atoms with Gasteiger partial charge >= 0.3 is 0 Å². The topological polar surface area (TPSA) is 92.2 Å². The summed E-state index contributed by atoms with van der Waals surface area (Å²) in [5, 5.41) is 9.93. The third kappa shape index (κ3) is 8.54. The first-order valence-corrected chi connectivity index (χ1v) is 18.4. The largest absolute Gasteiger partial charge is 0.494 e. The summed E-state index contributed by atoms with van der Waals surface area (Å²) in [6.45, 7) is 0.809. The average Bonchev–Trinajstić information content (AvgIpc) is 3.51. The van der Waals surface area contributed by atoms with E-state index in [0.717, 1.165) is 25.4 Å². The second-order valence-electron chi connectivity index (χ2n) is 11.6. The number of aliphatic hydroxyl groups excluding tert-OH is 1. The fourth-order valence-corrected chi connectivity index (χ4v) is 7.50. The van der Waals surface area contributed by atoms with Gasteiger partial charge in [0.1, 0.15) is 5.75 Å². The molecule has 5 aromatic rings. The second-order valence-corrected chi connectivity index (χ2v) is 14.4. The molecule has 1 aliphatic heterocycles. The van der Waals surface area contributed by atoms with Crippen LogP contribution < -0.4 is 15.6 Å². The average molecular weight is 792 g/mol. The van der Waals surface area contributed by atoms with E-state index in [4.69, 9.17) is 42.8 Å². The Morgan fingerprint density at radius 1 is 0.920 bits per heavy atom. The van der Waals surface area contributed by atoms with Crippen LogP contribution in [0.1, 0.15) is 34.8 Å². The Balaban J connectivity index is 1.34. The predicted molar refractivity (Wildman–Crippen MR) is 203 cm³/mol. The van der Waals surface area contributed by atoms with Crippen molar-refractivity contribution in [3.63, 3.8) is 0 Å². The van der Waals surface area contributed by atoms with Crippen molar-refractivity contribution >= 4 is 62.7 Å². The molecule has 3 N–H and O–H groups in total. The molecular weight excluding hydrogens is 757 g/mol. The summed E-state index contributed by atoms with van der Waals surface area (Å²) in [5.74, 6) is 0.538. The molecule has 0 aromatic heterocycles. The van der Waals surface area contributed by atoms with Crippen molar-refractivity contribution in [1.82, 2.24) is 10.9 Å². The number of nitrogens with zero attached hydrogens (tertiary/aromatic N) is 1. The maximum absolute atomic E-state index is 14.7. The molecular formula is C39H34BrCl2N3O4S. The van der Waals surface area contributed by atoms with E-state index in [2.05, 4.69) is 45.0 Å². The van der Waals surface area contributed by atoms with E-state index >= 15 is 0 Å². The number of hydrazine groups is 1. The van der Waals surface area contributed by atoms with Gasteiger partial charge in [0.2, 0.25) is 5.90 Å². The molecule has 1 aliphatic rings. The molecule has 11 heteroatoms. The Labute approximate surface area is 314 Å². The Morgan fingerprint density at radius 3 is 2.38 bits per heavy atom. The normalized spacial score (nSPS) is 16.8. The minimum atomic E-state index is -1.49. The molecule has 0 saturated carbocycles. The van der Waals surface area contributed by atoms with Gasteiger partial charge in [-0.3, -0.25) is 10.2 Å². The van der Waals surface area contributed by atoms with Crippen molar-refractivity contribution in [2.75, 3.05) is 13.2 Å². The molecule has 1 amide bonds. The zero-order chi connectivity index (χ0) is 34.9. The standard InChI is InChI=1S/C39H34BrCl2N3O4S/c40-33-13-6-4-9-27(33)24-39(38(47)45-43-25-28-10-5-7-14-35(28)50-31-11-2-1-3-12-31)36(32-20-17-29(41)23-34(32)42)49-37(44-39)26-15-18-30(19-16-26)48-22-8-21-46/h1-7,9-20,23,36,43,46H,8,21-22,24-25H2,(H,45,47)/t36-,39-/m0/s1. The van der Waals surface area contributed by atoms with Crippen LogP contribution in [0, 0.1) is 0 Å². The number of rotatable bonds is 14.